The molecule has 10 heteroatoms. The molecule has 2 fully saturated rings. The number of halogens is 4. The first-order chi connectivity index (χ1) is 32.2. The highest BCUT2D eigenvalue weighted by molar-refractivity contribution is 6.53. The van der Waals surface area contributed by atoms with Crippen molar-refractivity contribution in [3.8, 4) is 23.0 Å². The van der Waals surface area contributed by atoms with E-state index in [0.29, 0.717) is 17.1 Å². The Kier molecular flexibility index (Phi) is 12.6. The number of carbonyl (C=O) groups is 1. The Morgan fingerprint density at radius 3 is 1.20 bits per heavy atom. The SMILES string of the molecule is O=C1OC(C=C(c2ccc(Oc3ccccc3)cc2)c2ccc(N3CCCC3)cc2)(C=C(c2ccc(Oc3ccccc3)cc2)c2ccc(N3CCCC3)cc2)c2c(Cl)c(Cl)c(Cl)c(Cl)c21. The number of nitrogens with zero attached hydrogens (tertiary/aromatic N) is 2. The molecular formula is C56H44Cl4N2O4. The van der Waals surface area contributed by atoms with Crippen LogP contribution in [0, 0.1) is 0 Å². The van der Waals surface area contributed by atoms with Crippen LogP contribution in [-0.2, 0) is 10.3 Å². The lowest BCUT2D eigenvalue weighted by Gasteiger charge is -2.28. The number of carbonyl (C=O) groups excluding carboxylic acids is 1. The van der Waals surface area contributed by atoms with Crippen LogP contribution in [0.3, 0.4) is 0 Å². The zero-order valence-electron chi connectivity index (χ0n) is 35.9. The van der Waals surface area contributed by atoms with Crippen molar-refractivity contribution in [2.75, 3.05) is 36.0 Å². The number of rotatable bonds is 12. The van der Waals surface area contributed by atoms with Crippen LogP contribution in [-0.4, -0.2) is 32.1 Å². The number of cyclic esters (lactones) is 1. The molecule has 0 atom stereocenters. The maximum absolute atomic E-state index is 14.5. The number of esters is 1. The van der Waals surface area contributed by atoms with E-state index in [9.17, 15) is 4.79 Å². The van der Waals surface area contributed by atoms with E-state index < -0.39 is 11.6 Å². The van der Waals surface area contributed by atoms with Gasteiger partial charge in [-0.2, -0.15) is 0 Å². The second-order valence-electron chi connectivity index (χ2n) is 16.7. The summed E-state index contributed by atoms with van der Waals surface area (Å²) in [4.78, 5) is 19.3. The summed E-state index contributed by atoms with van der Waals surface area (Å²) in [6.45, 7) is 4.04. The van der Waals surface area contributed by atoms with Gasteiger partial charge >= 0.3 is 5.97 Å². The summed E-state index contributed by atoms with van der Waals surface area (Å²) >= 11 is 27.8. The quantitative estimate of drug-likeness (QED) is 0.0691. The summed E-state index contributed by atoms with van der Waals surface area (Å²) in [6.07, 6.45) is 8.54. The number of anilines is 2. The monoisotopic (exact) mass is 948 g/mol. The molecule has 2 saturated heterocycles. The van der Waals surface area contributed by atoms with Crippen LogP contribution in [0.5, 0.6) is 23.0 Å². The van der Waals surface area contributed by atoms with Crippen LogP contribution in [0.25, 0.3) is 11.1 Å². The first kappa shape index (κ1) is 43.7. The molecule has 7 aromatic rings. The van der Waals surface area contributed by atoms with Crippen molar-refractivity contribution in [3.05, 3.63) is 223 Å². The Morgan fingerprint density at radius 1 is 0.455 bits per heavy atom. The Bertz CT molecular complexity index is 2770. The highest BCUT2D eigenvalue weighted by Crippen LogP contribution is 2.54. The highest BCUT2D eigenvalue weighted by atomic mass is 35.5. The first-order valence-corrected chi connectivity index (χ1v) is 23.7. The molecule has 0 amide bonds. The molecule has 0 N–H and O–H groups in total. The molecule has 10 rings (SSSR count). The van der Waals surface area contributed by atoms with Gasteiger partial charge in [0.05, 0.1) is 25.7 Å². The third-order valence-corrected chi connectivity index (χ3v) is 14.2. The van der Waals surface area contributed by atoms with Gasteiger partial charge in [0.25, 0.3) is 0 Å². The summed E-state index contributed by atoms with van der Waals surface area (Å²) in [5.74, 6) is 2.08. The lowest BCUT2D eigenvalue weighted by atomic mass is 9.83. The van der Waals surface area contributed by atoms with Crippen LogP contribution in [0.2, 0.25) is 20.1 Å². The lowest BCUT2D eigenvalue weighted by Crippen LogP contribution is -2.23. The molecule has 0 saturated carbocycles. The maximum Gasteiger partial charge on any atom is 0.341 e. The lowest BCUT2D eigenvalue weighted by molar-refractivity contribution is 0.0300. The fraction of sp³-hybridized carbons (Fsp3) is 0.161. The van der Waals surface area contributed by atoms with E-state index in [1.54, 1.807) is 0 Å². The summed E-state index contributed by atoms with van der Waals surface area (Å²) in [5, 5.41) is 0.0170. The summed E-state index contributed by atoms with van der Waals surface area (Å²) in [6, 6.07) is 52.0. The Labute approximate surface area is 405 Å². The molecular weight excluding hydrogens is 906 g/mol. The Hall–Kier alpha value is -6.15. The Morgan fingerprint density at radius 2 is 0.803 bits per heavy atom. The van der Waals surface area contributed by atoms with Crippen molar-refractivity contribution in [2.45, 2.75) is 31.3 Å². The second-order valence-corrected chi connectivity index (χ2v) is 18.2. The molecule has 0 bridgehead atoms. The average Bonchev–Trinajstić information content (AvgIpc) is 4.16. The minimum Gasteiger partial charge on any atom is -0.457 e. The van der Waals surface area contributed by atoms with Gasteiger partial charge in [-0.05, 0) is 144 Å². The molecule has 6 nitrogen and oxygen atoms in total. The minimum atomic E-state index is -1.67. The number of hydrogen-bond acceptors (Lipinski definition) is 6. The summed E-state index contributed by atoms with van der Waals surface area (Å²) in [5.41, 5.74) is 5.92. The van der Waals surface area contributed by atoms with E-state index >= 15 is 0 Å². The molecule has 66 heavy (non-hydrogen) atoms. The van der Waals surface area contributed by atoms with Crippen molar-refractivity contribution in [1.29, 1.82) is 0 Å². The van der Waals surface area contributed by atoms with E-state index in [4.69, 9.17) is 60.6 Å². The van der Waals surface area contributed by atoms with E-state index in [0.717, 1.165) is 108 Å². The van der Waals surface area contributed by atoms with Gasteiger partial charge in [0, 0.05) is 43.1 Å². The predicted molar refractivity (Wildman–Crippen MR) is 269 cm³/mol. The van der Waals surface area contributed by atoms with Crippen LogP contribution in [0.4, 0.5) is 11.4 Å². The number of fused-ring (bicyclic) bond motifs is 1. The first-order valence-electron chi connectivity index (χ1n) is 22.2. The van der Waals surface area contributed by atoms with Gasteiger partial charge in [0.1, 0.15) is 23.0 Å². The van der Waals surface area contributed by atoms with Crippen molar-refractivity contribution in [1.82, 2.24) is 0 Å². The molecule has 3 aliphatic rings. The zero-order chi connectivity index (χ0) is 45.2. The van der Waals surface area contributed by atoms with Gasteiger partial charge in [-0.1, -0.05) is 131 Å². The largest absolute Gasteiger partial charge is 0.457 e. The highest BCUT2D eigenvalue weighted by Gasteiger charge is 2.48. The minimum absolute atomic E-state index is 0.0180. The van der Waals surface area contributed by atoms with Crippen LogP contribution >= 0.6 is 46.4 Å². The number of para-hydroxylation sites is 2. The van der Waals surface area contributed by atoms with Crippen LogP contribution < -0.4 is 19.3 Å². The van der Waals surface area contributed by atoms with Gasteiger partial charge in [0.15, 0.2) is 5.60 Å². The Balaban J connectivity index is 1.19. The molecule has 3 heterocycles. The second kappa shape index (κ2) is 19.0. The van der Waals surface area contributed by atoms with E-state index in [2.05, 4.69) is 58.3 Å². The molecule has 0 aromatic heterocycles. The van der Waals surface area contributed by atoms with Crippen molar-refractivity contribution < 1.29 is 19.0 Å². The molecule has 0 unspecified atom stereocenters. The maximum atomic E-state index is 14.5. The smallest absolute Gasteiger partial charge is 0.341 e. The predicted octanol–water partition coefficient (Wildman–Crippen LogP) is 15.7. The van der Waals surface area contributed by atoms with E-state index in [1.807, 2.05) is 121 Å². The number of benzene rings is 7. The van der Waals surface area contributed by atoms with Gasteiger partial charge < -0.3 is 24.0 Å². The number of hydrogen-bond donors (Lipinski definition) is 0. The van der Waals surface area contributed by atoms with E-state index in [1.165, 1.54) is 0 Å². The van der Waals surface area contributed by atoms with Crippen LogP contribution in [0.15, 0.2) is 170 Å². The number of ether oxygens (including phenoxy) is 3. The van der Waals surface area contributed by atoms with Gasteiger partial charge in [-0.25, -0.2) is 4.79 Å². The fourth-order valence-corrected chi connectivity index (χ4v) is 10.2. The van der Waals surface area contributed by atoms with Gasteiger partial charge in [-0.15, -0.1) is 0 Å². The molecule has 330 valence electrons. The standard InChI is InChI=1S/C56H44Cl4N2O4/c57-51-49-50(52(58)54(60)53(51)59)56(66-55(49)63,35-47(37-15-23-41(24-16-37)61-31-7-8-32-61)39-19-27-45(28-20-39)64-43-11-3-1-4-12-43)36-48(38-17-25-42(26-18-38)62-33-9-10-34-62)40-21-29-46(30-22-40)65-44-13-5-2-6-14-44/h1-6,11-30,35-36H,7-10,31-34H2. The molecule has 7 aromatic carbocycles. The van der Waals surface area contributed by atoms with Gasteiger partial charge in [-0.3, -0.25) is 0 Å². The fourth-order valence-electron chi connectivity index (χ4n) is 9.09. The average molecular weight is 951 g/mol. The molecule has 0 radical (unpaired) electrons. The zero-order valence-corrected chi connectivity index (χ0v) is 38.9. The summed E-state index contributed by atoms with van der Waals surface area (Å²) in [7, 11) is 0. The molecule has 0 spiro atoms. The molecule has 0 aliphatic carbocycles. The topological polar surface area (TPSA) is 51.2 Å². The molecule has 3 aliphatic heterocycles. The normalized spacial score (nSPS) is 17.2. The van der Waals surface area contributed by atoms with Crippen molar-refractivity contribution in [3.63, 3.8) is 0 Å². The third kappa shape index (κ3) is 8.91. The third-order valence-electron chi connectivity index (χ3n) is 12.4. The summed E-state index contributed by atoms with van der Waals surface area (Å²) < 4.78 is 19.1. The van der Waals surface area contributed by atoms with E-state index in [-0.39, 0.29) is 25.7 Å². The van der Waals surface area contributed by atoms with Crippen molar-refractivity contribution >= 4 is 74.9 Å². The van der Waals surface area contributed by atoms with Crippen LogP contribution in [0.1, 0.15) is 63.9 Å². The van der Waals surface area contributed by atoms with Crippen molar-refractivity contribution in [2.24, 2.45) is 0 Å². The van der Waals surface area contributed by atoms with Gasteiger partial charge in [0.2, 0.25) is 0 Å².